The van der Waals surface area contributed by atoms with Crippen LogP contribution in [-0.2, 0) is 6.18 Å². The fourth-order valence-corrected chi connectivity index (χ4v) is 4.22. The summed E-state index contributed by atoms with van der Waals surface area (Å²) in [6.45, 7) is 1.89. The summed E-state index contributed by atoms with van der Waals surface area (Å²) >= 11 is 1.52. The number of halogens is 4. The molecule has 1 saturated heterocycles. The fourth-order valence-electron chi connectivity index (χ4n) is 3.45. The molecule has 4 nitrogen and oxygen atoms in total. The van der Waals surface area contributed by atoms with E-state index in [9.17, 15) is 17.6 Å². The molecule has 0 N–H and O–H groups in total. The number of nitrogens with zero attached hydrogens (tertiary/aromatic N) is 3. The van der Waals surface area contributed by atoms with E-state index in [-0.39, 0.29) is 17.5 Å². The van der Waals surface area contributed by atoms with Crippen molar-refractivity contribution in [2.24, 2.45) is 4.40 Å². The van der Waals surface area contributed by atoms with Gasteiger partial charge in [-0.3, -0.25) is 0 Å². The molecule has 0 aliphatic carbocycles. The molecule has 2 aromatic rings. The first-order valence-electron chi connectivity index (χ1n) is 8.87. The average Bonchev–Trinajstić information content (AvgIpc) is 2.69. The van der Waals surface area contributed by atoms with Gasteiger partial charge in [-0.25, -0.2) is 13.8 Å². The lowest BCUT2D eigenvalue weighted by Gasteiger charge is -2.37. The van der Waals surface area contributed by atoms with E-state index in [0.717, 1.165) is 61.4 Å². The fraction of sp³-hybridized carbons (Fsp3) is 0.368. The van der Waals surface area contributed by atoms with Crippen LogP contribution in [0.15, 0.2) is 40.9 Å². The molecule has 0 saturated carbocycles. The Bertz CT molecular complexity index is 903. The van der Waals surface area contributed by atoms with Gasteiger partial charge in [-0.15, -0.1) is 0 Å². The predicted molar refractivity (Wildman–Crippen MR) is 99.2 cm³/mol. The van der Waals surface area contributed by atoms with E-state index in [1.807, 2.05) is 0 Å². The molecule has 0 amide bonds. The average molecular weight is 411 g/mol. The monoisotopic (exact) mass is 411 g/mol. The van der Waals surface area contributed by atoms with E-state index < -0.39 is 17.6 Å². The van der Waals surface area contributed by atoms with Crippen molar-refractivity contribution in [2.45, 2.75) is 24.9 Å². The number of pyridine rings is 1. The Morgan fingerprint density at radius 1 is 1.14 bits per heavy atom. The van der Waals surface area contributed by atoms with Gasteiger partial charge in [-0.2, -0.15) is 13.2 Å². The van der Waals surface area contributed by atoms with Crippen LogP contribution in [0.1, 0.15) is 29.9 Å². The topological polar surface area (TPSA) is 37.7 Å². The van der Waals surface area contributed by atoms with E-state index >= 15 is 0 Å². The summed E-state index contributed by atoms with van der Waals surface area (Å²) in [7, 11) is 0. The van der Waals surface area contributed by atoms with Crippen molar-refractivity contribution < 1.29 is 22.3 Å². The van der Waals surface area contributed by atoms with Gasteiger partial charge in [0.15, 0.2) is 11.6 Å². The molecule has 4 rings (SSSR count). The number of hydrogen-bond donors (Lipinski definition) is 0. The second kappa shape index (κ2) is 7.62. The maximum atomic E-state index is 14.6. The van der Waals surface area contributed by atoms with E-state index in [4.69, 9.17) is 4.74 Å². The number of fused-ring (bicyclic) bond motifs is 1. The Kier molecular flexibility index (Phi) is 5.18. The van der Waals surface area contributed by atoms with Crippen molar-refractivity contribution in [3.8, 4) is 11.6 Å². The number of hydrogen-bond acceptors (Lipinski definition) is 5. The lowest BCUT2D eigenvalue weighted by molar-refractivity contribution is -0.137. The minimum Gasteiger partial charge on any atom is -0.436 e. The van der Waals surface area contributed by atoms with Gasteiger partial charge in [0.25, 0.3) is 0 Å². The van der Waals surface area contributed by atoms with Gasteiger partial charge in [0, 0.05) is 37.0 Å². The van der Waals surface area contributed by atoms with Gasteiger partial charge < -0.3 is 9.64 Å². The number of piperidine rings is 1. The minimum atomic E-state index is -4.52. The Morgan fingerprint density at radius 3 is 2.79 bits per heavy atom. The van der Waals surface area contributed by atoms with E-state index in [1.165, 1.54) is 24.1 Å². The van der Waals surface area contributed by atoms with Gasteiger partial charge >= 0.3 is 6.18 Å². The molecule has 28 heavy (non-hydrogen) atoms. The molecule has 1 aromatic heterocycles. The maximum Gasteiger partial charge on any atom is 0.416 e. The van der Waals surface area contributed by atoms with Crippen LogP contribution < -0.4 is 4.74 Å². The zero-order valence-corrected chi connectivity index (χ0v) is 15.6. The quantitative estimate of drug-likeness (QED) is 0.509. The maximum absolute atomic E-state index is 14.6. The molecule has 9 heteroatoms. The molecule has 1 unspecified atom stereocenters. The van der Waals surface area contributed by atoms with Gasteiger partial charge in [-0.05, 0) is 48.6 Å². The summed E-state index contributed by atoms with van der Waals surface area (Å²) in [4.78, 5) is 5.97. The Balaban J connectivity index is 1.56. The summed E-state index contributed by atoms with van der Waals surface area (Å²) in [5.74, 6) is 0.813. The van der Waals surface area contributed by atoms with Crippen molar-refractivity contribution in [1.82, 2.24) is 9.88 Å². The Hall–Kier alpha value is -2.29. The minimum absolute atomic E-state index is 0.0109. The molecule has 2 aliphatic rings. The Labute approximate surface area is 163 Å². The summed E-state index contributed by atoms with van der Waals surface area (Å²) in [6.07, 6.45) is -1.65. The standard InChI is InChI=1S/C19H17F4N3OS/c20-15-10-12(14-2-1-7-26-8-9-28-25-18(14)26)3-4-16(15)27-17-11-13(5-6-24-17)19(21,22)23/h3-6,10-11,14H,1-2,7-9H2. The smallest absolute Gasteiger partial charge is 0.416 e. The molecular formula is C19H17F4N3OS. The van der Waals surface area contributed by atoms with Gasteiger partial charge in [-0.1, -0.05) is 6.07 Å². The zero-order chi connectivity index (χ0) is 19.7. The van der Waals surface area contributed by atoms with Gasteiger partial charge in [0.05, 0.1) is 5.56 Å². The van der Waals surface area contributed by atoms with Gasteiger partial charge in [0.2, 0.25) is 5.88 Å². The Morgan fingerprint density at radius 2 is 2.00 bits per heavy atom. The molecule has 1 fully saturated rings. The van der Waals surface area contributed by atoms with Crippen LogP contribution in [0.4, 0.5) is 17.6 Å². The summed E-state index contributed by atoms with van der Waals surface area (Å²) in [6, 6.07) is 6.13. The number of rotatable bonds is 3. The number of aromatic nitrogens is 1. The third-order valence-electron chi connectivity index (χ3n) is 4.80. The summed E-state index contributed by atoms with van der Waals surface area (Å²) in [5.41, 5.74) is -0.113. The third-order valence-corrected chi connectivity index (χ3v) is 5.48. The molecular weight excluding hydrogens is 394 g/mol. The van der Waals surface area contributed by atoms with Gasteiger partial charge in [0.1, 0.15) is 5.84 Å². The molecule has 148 valence electrons. The molecule has 3 heterocycles. The number of benzene rings is 1. The highest BCUT2D eigenvalue weighted by Gasteiger charge is 2.32. The van der Waals surface area contributed by atoms with Crippen molar-refractivity contribution in [3.63, 3.8) is 0 Å². The molecule has 1 aromatic carbocycles. The molecule has 2 aliphatic heterocycles. The van der Waals surface area contributed by atoms with Crippen molar-refractivity contribution in [2.75, 3.05) is 18.8 Å². The van der Waals surface area contributed by atoms with Crippen LogP contribution in [0.3, 0.4) is 0 Å². The largest absolute Gasteiger partial charge is 0.436 e. The molecule has 0 bridgehead atoms. The number of alkyl halides is 3. The highest BCUT2D eigenvalue weighted by atomic mass is 32.2. The van der Waals surface area contributed by atoms with E-state index in [1.54, 1.807) is 6.07 Å². The van der Waals surface area contributed by atoms with E-state index in [0.29, 0.717) is 0 Å². The highest BCUT2D eigenvalue weighted by molar-refractivity contribution is 7.98. The van der Waals surface area contributed by atoms with Crippen LogP contribution in [0, 0.1) is 5.82 Å². The lowest BCUT2D eigenvalue weighted by atomic mass is 9.89. The first-order valence-corrected chi connectivity index (χ1v) is 9.81. The normalized spacial score (nSPS) is 19.8. The van der Waals surface area contributed by atoms with Crippen LogP contribution >= 0.6 is 11.9 Å². The van der Waals surface area contributed by atoms with Crippen molar-refractivity contribution in [3.05, 3.63) is 53.5 Å². The van der Waals surface area contributed by atoms with Crippen molar-refractivity contribution >= 4 is 17.8 Å². The second-order valence-electron chi connectivity index (χ2n) is 6.64. The highest BCUT2D eigenvalue weighted by Crippen LogP contribution is 2.36. The first kappa shape index (κ1) is 19.0. The molecule has 0 spiro atoms. The summed E-state index contributed by atoms with van der Waals surface area (Å²) < 4.78 is 62.8. The second-order valence-corrected chi connectivity index (χ2v) is 7.49. The molecule has 1 atom stereocenters. The third kappa shape index (κ3) is 3.94. The number of amidine groups is 1. The zero-order valence-electron chi connectivity index (χ0n) is 14.7. The van der Waals surface area contributed by atoms with Crippen LogP contribution in [0.25, 0.3) is 0 Å². The van der Waals surface area contributed by atoms with E-state index in [2.05, 4.69) is 14.3 Å². The predicted octanol–water partition coefficient (Wildman–Crippen LogP) is 5.27. The van der Waals surface area contributed by atoms with Crippen molar-refractivity contribution in [1.29, 1.82) is 0 Å². The van der Waals surface area contributed by atoms with Crippen LogP contribution in [0.2, 0.25) is 0 Å². The van der Waals surface area contributed by atoms with Crippen LogP contribution in [0.5, 0.6) is 11.6 Å². The lowest BCUT2D eigenvalue weighted by Crippen LogP contribution is -2.43. The molecule has 0 radical (unpaired) electrons. The summed E-state index contributed by atoms with van der Waals surface area (Å²) in [5, 5.41) is 0. The first-order chi connectivity index (χ1) is 13.4. The number of ether oxygens (including phenoxy) is 1. The van der Waals surface area contributed by atoms with Crippen LogP contribution in [-0.4, -0.2) is 34.6 Å². The SMILES string of the molecule is Fc1cc(C2CCCN3CCSN=C23)ccc1Oc1cc(C(F)(F)F)ccn1.